The molecular formula is C12H12BrN5O2. The van der Waals surface area contributed by atoms with Gasteiger partial charge in [-0.05, 0) is 28.1 Å². The van der Waals surface area contributed by atoms with Gasteiger partial charge in [0.25, 0.3) is 5.91 Å². The first-order chi connectivity index (χ1) is 9.50. The van der Waals surface area contributed by atoms with Crippen molar-refractivity contribution in [3.63, 3.8) is 0 Å². The number of carbonyl (C=O) groups excluding carboxylic acids is 1. The number of nitrogens with zero attached hydrogens (tertiary/aromatic N) is 5. The smallest absolute Gasteiger partial charge is 0.260 e. The van der Waals surface area contributed by atoms with E-state index in [0.29, 0.717) is 23.4 Å². The van der Waals surface area contributed by atoms with E-state index in [-0.39, 0.29) is 11.6 Å². The molecule has 0 aromatic carbocycles. The summed E-state index contributed by atoms with van der Waals surface area (Å²) in [5.74, 6) is 0.201. The van der Waals surface area contributed by atoms with Crippen molar-refractivity contribution in [1.82, 2.24) is 24.9 Å². The highest BCUT2D eigenvalue weighted by Gasteiger charge is 2.47. The van der Waals surface area contributed by atoms with Gasteiger partial charge in [-0.1, -0.05) is 11.3 Å². The Morgan fingerprint density at radius 2 is 2.25 bits per heavy atom. The summed E-state index contributed by atoms with van der Waals surface area (Å²) in [6.45, 7) is 0.497. The maximum Gasteiger partial charge on any atom is 0.260 e. The van der Waals surface area contributed by atoms with Crippen molar-refractivity contribution in [2.24, 2.45) is 0 Å². The van der Waals surface area contributed by atoms with Crippen LogP contribution in [0.2, 0.25) is 0 Å². The first-order valence-corrected chi connectivity index (χ1v) is 6.84. The number of likely N-dealkylation sites (tertiary alicyclic amines) is 1. The molecule has 0 aliphatic carbocycles. The van der Waals surface area contributed by atoms with Crippen LogP contribution in [0.3, 0.4) is 0 Å². The number of pyridine rings is 1. The van der Waals surface area contributed by atoms with E-state index in [1.807, 2.05) is 6.07 Å². The van der Waals surface area contributed by atoms with Gasteiger partial charge < -0.3 is 10.0 Å². The average molecular weight is 338 g/mol. The Morgan fingerprint density at radius 1 is 1.45 bits per heavy atom. The van der Waals surface area contributed by atoms with E-state index in [9.17, 15) is 9.90 Å². The third kappa shape index (κ3) is 2.01. The van der Waals surface area contributed by atoms with Crippen molar-refractivity contribution in [3.05, 3.63) is 34.7 Å². The van der Waals surface area contributed by atoms with E-state index in [4.69, 9.17) is 0 Å². The molecule has 1 atom stereocenters. The maximum atomic E-state index is 12.0. The van der Waals surface area contributed by atoms with Crippen LogP contribution in [0, 0.1) is 0 Å². The van der Waals surface area contributed by atoms with Gasteiger partial charge in [-0.2, -0.15) is 0 Å². The van der Waals surface area contributed by atoms with Crippen LogP contribution >= 0.6 is 15.9 Å². The first-order valence-electron chi connectivity index (χ1n) is 6.04. The number of amides is 1. The molecule has 1 fully saturated rings. The van der Waals surface area contributed by atoms with E-state index < -0.39 is 5.60 Å². The molecule has 3 rings (SSSR count). The van der Waals surface area contributed by atoms with Gasteiger partial charge in [0, 0.05) is 20.0 Å². The Morgan fingerprint density at radius 3 is 2.90 bits per heavy atom. The molecule has 0 spiro atoms. The topological polar surface area (TPSA) is 84.1 Å². The summed E-state index contributed by atoms with van der Waals surface area (Å²) in [5, 5.41) is 18.3. The zero-order valence-electron chi connectivity index (χ0n) is 10.7. The van der Waals surface area contributed by atoms with E-state index in [2.05, 4.69) is 31.2 Å². The van der Waals surface area contributed by atoms with Gasteiger partial charge in [-0.25, -0.2) is 9.67 Å². The van der Waals surface area contributed by atoms with Gasteiger partial charge in [-0.3, -0.25) is 4.79 Å². The van der Waals surface area contributed by atoms with Gasteiger partial charge in [0.1, 0.15) is 10.3 Å². The van der Waals surface area contributed by atoms with Crippen molar-refractivity contribution < 1.29 is 9.90 Å². The molecule has 0 unspecified atom stereocenters. The molecule has 1 saturated heterocycles. The lowest BCUT2D eigenvalue weighted by Crippen LogP contribution is -2.36. The normalized spacial score (nSPS) is 22.6. The predicted molar refractivity (Wildman–Crippen MR) is 73.0 cm³/mol. The minimum absolute atomic E-state index is 0.244. The molecule has 1 amide bonds. The number of aromatic nitrogens is 4. The van der Waals surface area contributed by atoms with Crippen LogP contribution in [0.4, 0.5) is 0 Å². The van der Waals surface area contributed by atoms with Gasteiger partial charge in [0.2, 0.25) is 0 Å². The van der Waals surface area contributed by atoms with Crippen LogP contribution in [0.1, 0.15) is 12.1 Å². The summed E-state index contributed by atoms with van der Waals surface area (Å²) in [4.78, 5) is 17.7. The van der Waals surface area contributed by atoms with E-state index >= 15 is 0 Å². The molecule has 3 heterocycles. The van der Waals surface area contributed by atoms with Gasteiger partial charge >= 0.3 is 0 Å². The highest BCUT2D eigenvalue weighted by atomic mass is 79.9. The summed E-state index contributed by atoms with van der Waals surface area (Å²) in [6, 6.07) is 5.37. The van der Waals surface area contributed by atoms with Crippen molar-refractivity contribution in [3.8, 4) is 5.82 Å². The number of hydrogen-bond donors (Lipinski definition) is 1. The molecule has 0 radical (unpaired) electrons. The molecule has 8 heteroatoms. The Balaban J connectivity index is 1.97. The monoisotopic (exact) mass is 337 g/mol. The summed E-state index contributed by atoms with van der Waals surface area (Å²) in [7, 11) is 1.65. The van der Waals surface area contributed by atoms with Crippen LogP contribution in [-0.2, 0) is 10.4 Å². The molecule has 20 heavy (non-hydrogen) atoms. The fourth-order valence-electron chi connectivity index (χ4n) is 2.18. The van der Waals surface area contributed by atoms with Gasteiger partial charge in [0.15, 0.2) is 11.4 Å². The minimum atomic E-state index is -1.58. The number of likely N-dealkylation sites (N-methyl/N-ethyl adjacent to an activating group) is 1. The average Bonchev–Trinajstić information content (AvgIpc) is 3.02. The Hall–Kier alpha value is -1.80. The molecule has 1 N–H and O–H groups in total. The number of aliphatic hydroxyl groups is 1. The number of carbonyl (C=O) groups is 1. The number of halogens is 1. The zero-order valence-corrected chi connectivity index (χ0v) is 12.3. The Bertz CT molecular complexity index is 673. The second kappa shape index (κ2) is 4.64. The molecule has 2 aromatic heterocycles. The Kier molecular flexibility index (Phi) is 3.06. The lowest BCUT2D eigenvalue weighted by Gasteiger charge is -2.17. The summed E-state index contributed by atoms with van der Waals surface area (Å²) < 4.78 is 2.10. The largest absolute Gasteiger partial charge is 0.374 e. The molecule has 0 saturated carbocycles. The van der Waals surface area contributed by atoms with E-state index in [1.54, 1.807) is 19.2 Å². The van der Waals surface area contributed by atoms with Gasteiger partial charge in [0.05, 0.1) is 6.20 Å². The van der Waals surface area contributed by atoms with E-state index in [1.165, 1.54) is 15.8 Å². The minimum Gasteiger partial charge on any atom is -0.374 e. The van der Waals surface area contributed by atoms with Crippen LogP contribution in [0.25, 0.3) is 5.82 Å². The maximum absolute atomic E-state index is 12.0. The second-order valence-electron chi connectivity index (χ2n) is 4.70. The van der Waals surface area contributed by atoms with Crippen LogP contribution in [0.5, 0.6) is 0 Å². The molecule has 2 aromatic rings. The lowest BCUT2D eigenvalue weighted by atomic mass is 9.99. The van der Waals surface area contributed by atoms with Crippen LogP contribution in [0.15, 0.2) is 29.0 Å². The molecule has 1 aliphatic rings. The van der Waals surface area contributed by atoms with Crippen molar-refractivity contribution in [2.75, 3.05) is 13.6 Å². The van der Waals surface area contributed by atoms with Crippen molar-refractivity contribution in [2.45, 2.75) is 12.0 Å². The lowest BCUT2D eigenvalue weighted by molar-refractivity contribution is -0.143. The molecular weight excluding hydrogens is 326 g/mol. The summed E-state index contributed by atoms with van der Waals surface area (Å²) >= 11 is 3.28. The van der Waals surface area contributed by atoms with Gasteiger partial charge in [-0.15, -0.1) is 5.10 Å². The second-order valence-corrected chi connectivity index (χ2v) is 5.52. The number of hydrogen-bond acceptors (Lipinski definition) is 5. The standard InChI is InChI=1S/C12H12BrN5O2/c1-17-6-5-12(20,11(17)19)8-7-18(16-15-8)10-4-2-3-9(13)14-10/h2-4,7,20H,5-6H2,1H3/t12-/m1/s1. The van der Waals surface area contributed by atoms with Crippen molar-refractivity contribution in [1.29, 1.82) is 0 Å². The fraction of sp³-hybridized carbons (Fsp3) is 0.333. The third-order valence-electron chi connectivity index (χ3n) is 3.36. The molecule has 104 valence electrons. The van der Waals surface area contributed by atoms with Crippen molar-refractivity contribution >= 4 is 21.8 Å². The molecule has 0 bridgehead atoms. The van der Waals surface area contributed by atoms with Crippen LogP contribution < -0.4 is 0 Å². The zero-order chi connectivity index (χ0) is 14.3. The molecule has 1 aliphatic heterocycles. The SMILES string of the molecule is CN1CC[C@@](O)(c2cn(-c3cccc(Br)n3)nn2)C1=O. The highest BCUT2D eigenvalue weighted by molar-refractivity contribution is 9.10. The van der Waals surface area contributed by atoms with Crippen LogP contribution in [-0.4, -0.2) is 49.5 Å². The number of rotatable bonds is 2. The predicted octanol–water partition coefficient (Wildman–Crippen LogP) is 0.474. The fourth-order valence-corrected chi connectivity index (χ4v) is 2.52. The molecule has 7 nitrogen and oxygen atoms in total. The Labute approximate surface area is 123 Å². The summed E-state index contributed by atoms with van der Waals surface area (Å²) in [6.07, 6.45) is 1.85. The van der Waals surface area contributed by atoms with E-state index in [0.717, 1.165) is 0 Å². The third-order valence-corrected chi connectivity index (χ3v) is 3.80. The quantitative estimate of drug-likeness (QED) is 0.805. The highest BCUT2D eigenvalue weighted by Crippen LogP contribution is 2.31. The summed E-state index contributed by atoms with van der Waals surface area (Å²) in [5.41, 5.74) is -1.34. The first kappa shape index (κ1) is 13.2.